The minimum atomic E-state index is 0.640. The molecule has 1 heterocycles. The van der Waals surface area contributed by atoms with E-state index in [0.717, 1.165) is 6.04 Å². The fraction of sp³-hybridized carbons (Fsp3) is 0.600. The van der Waals surface area contributed by atoms with E-state index in [1.165, 1.54) is 42.8 Å². The lowest BCUT2D eigenvalue weighted by molar-refractivity contribution is 0.413. The molecular weight excluding hydrogens is 226 g/mol. The lowest BCUT2D eigenvalue weighted by Crippen LogP contribution is -2.42. The Balaban J connectivity index is 1.83. The number of benzene rings is 1. The van der Waals surface area contributed by atoms with E-state index in [1.54, 1.807) is 0 Å². The van der Waals surface area contributed by atoms with Gasteiger partial charge in [-0.15, -0.1) is 0 Å². The molecule has 2 atom stereocenters. The van der Waals surface area contributed by atoms with Gasteiger partial charge in [-0.2, -0.15) is 11.8 Å². The van der Waals surface area contributed by atoms with Crippen molar-refractivity contribution in [1.29, 1.82) is 0 Å². The van der Waals surface area contributed by atoms with Gasteiger partial charge in [0.2, 0.25) is 0 Å². The van der Waals surface area contributed by atoms with Crippen LogP contribution in [0.1, 0.15) is 31.7 Å². The van der Waals surface area contributed by atoms with Gasteiger partial charge >= 0.3 is 0 Å². The third-order valence-corrected chi connectivity index (χ3v) is 4.66. The first-order valence-corrected chi connectivity index (χ1v) is 7.91. The predicted molar refractivity (Wildman–Crippen MR) is 77.7 cm³/mol. The maximum Gasteiger partial charge on any atom is 0.0161 e. The zero-order chi connectivity index (χ0) is 11.9. The van der Waals surface area contributed by atoms with Gasteiger partial charge in [-0.3, -0.25) is 0 Å². The Hall–Kier alpha value is -0.470. The van der Waals surface area contributed by atoms with Crippen LogP contribution in [0.4, 0.5) is 0 Å². The normalized spacial score (nSPS) is 22.3. The average Bonchev–Trinajstić information content (AvgIpc) is 2.40. The smallest absolute Gasteiger partial charge is 0.0161 e. The number of hydrogen-bond donors (Lipinski definition) is 1. The molecule has 1 saturated heterocycles. The first-order chi connectivity index (χ1) is 8.38. The highest BCUT2D eigenvalue weighted by atomic mass is 32.2. The third kappa shape index (κ3) is 4.36. The van der Waals surface area contributed by atoms with Gasteiger partial charge in [0.15, 0.2) is 0 Å². The summed E-state index contributed by atoms with van der Waals surface area (Å²) in [6.07, 6.45) is 5.12. The van der Waals surface area contributed by atoms with E-state index < -0.39 is 0 Å². The maximum absolute atomic E-state index is 3.83. The van der Waals surface area contributed by atoms with E-state index in [-0.39, 0.29) is 0 Å². The maximum atomic E-state index is 3.83. The average molecular weight is 249 g/mol. The second kappa shape index (κ2) is 7.07. The number of rotatable bonds is 5. The molecule has 17 heavy (non-hydrogen) atoms. The lowest BCUT2D eigenvalue weighted by Gasteiger charge is -2.27. The molecule has 1 aromatic rings. The fourth-order valence-electron chi connectivity index (χ4n) is 2.43. The third-order valence-electron chi connectivity index (χ3n) is 3.45. The van der Waals surface area contributed by atoms with Crippen LogP contribution in [0.15, 0.2) is 30.3 Å². The van der Waals surface area contributed by atoms with Crippen molar-refractivity contribution in [2.24, 2.45) is 0 Å². The standard InChI is InChI=1S/C15H23NS/c1-2-14(11-13-7-4-3-5-8-13)16-15-9-6-10-17-12-15/h3-5,7-8,14-16H,2,6,9-12H2,1H3. The van der Waals surface area contributed by atoms with Crippen LogP contribution in [0.25, 0.3) is 0 Å². The molecule has 0 spiro atoms. The summed E-state index contributed by atoms with van der Waals surface area (Å²) in [6.45, 7) is 2.29. The molecule has 0 radical (unpaired) electrons. The van der Waals surface area contributed by atoms with E-state index in [1.807, 2.05) is 0 Å². The van der Waals surface area contributed by atoms with Crippen molar-refractivity contribution in [1.82, 2.24) is 5.32 Å². The molecule has 0 saturated carbocycles. The van der Waals surface area contributed by atoms with Crippen molar-refractivity contribution in [2.45, 2.75) is 44.7 Å². The second-order valence-electron chi connectivity index (χ2n) is 4.88. The van der Waals surface area contributed by atoms with Gasteiger partial charge in [-0.1, -0.05) is 37.3 Å². The zero-order valence-electron chi connectivity index (χ0n) is 10.7. The molecule has 2 rings (SSSR count). The summed E-state index contributed by atoms with van der Waals surface area (Å²) in [4.78, 5) is 0. The monoisotopic (exact) mass is 249 g/mol. The van der Waals surface area contributed by atoms with Gasteiger partial charge in [0, 0.05) is 17.8 Å². The topological polar surface area (TPSA) is 12.0 Å². The lowest BCUT2D eigenvalue weighted by atomic mass is 10.0. The Morgan fingerprint density at radius 2 is 2.18 bits per heavy atom. The minimum Gasteiger partial charge on any atom is -0.310 e. The van der Waals surface area contributed by atoms with E-state index in [2.05, 4.69) is 54.3 Å². The molecule has 1 aromatic carbocycles. The molecule has 1 aliphatic rings. The first kappa shape index (κ1) is 13.0. The Morgan fingerprint density at radius 1 is 1.35 bits per heavy atom. The molecule has 0 amide bonds. The van der Waals surface area contributed by atoms with Crippen LogP contribution >= 0.6 is 11.8 Å². The van der Waals surface area contributed by atoms with Crippen molar-refractivity contribution < 1.29 is 0 Å². The van der Waals surface area contributed by atoms with E-state index in [9.17, 15) is 0 Å². The summed E-state index contributed by atoms with van der Waals surface area (Å²) in [6, 6.07) is 12.2. The highest BCUT2D eigenvalue weighted by Gasteiger charge is 2.17. The minimum absolute atomic E-state index is 0.640. The largest absolute Gasteiger partial charge is 0.310 e. The molecule has 1 aliphatic heterocycles. The Labute approximate surface area is 109 Å². The molecule has 1 N–H and O–H groups in total. The molecule has 2 heteroatoms. The van der Waals surface area contributed by atoms with Crippen LogP contribution < -0.4 is 5.32 Å². The van der Waals surface area contributed by atoms with Crippen LogP contribution in [-0.2, 0) is 6.42 Å². The van der Waals surface area contributed by atoms with Crippen LogP contribution in [-0.4, -0.2) is 23.6 Å². The summed E-state index contributed by atoms with van der Waals surface area (Å²) in [5.41, 5.74) is 1.45. The van der Waals surface area contributed by atoms with Gasteiger partial charge in [-0.25, -0.2) is 0 Å². The van der Waals surface area contributed by atoms with E-state index in [0.29, 0.717) is 6.04 Å². The molecule has 0 bridgehead atoms. The van der Waals surface area contributed by atoms with Crippen molar-refractivity contribution in [3.05, 3.63) is 35.9 Å². The van der Waals surface area contributed by atoms with Crippen LogP contribution in [0.3, 0.4) is 0 Å². The highest BCUT2D eigenvalue weighted by molar-refractivity contribution is 7.99. The van der Waals surface area contributed by atoms with E-state index in [4.69, 9.17) is 0 Å². The number of nitrogens with one attached hydrogen (secondary N) is 1. The fourth-order valence-corrected chi connectivity index (χ4v) is 3.51. The van der Waals surface area contributed by atoms with Crippen molar-refractivity contribution in [3.63, 3.8) is 0 Å². The molecule has 0 aliphatic carbocycles. The summed E-state index contributed by atoms with van der Waals surface area (Å²) in [7, 11) is 0. The van der Waals surface area contributed by atoms with Crippen molar-refractivity contribution >= 4 is 11.8 Å². The van der Waals surface area contributed by atoms with Crippen LogP contribution in [0, 0.1) is 0 Å². The SMILES string of the molecule is CCC(Cc1ccccc1)NC1CCCSC1. The summed E-state index contributed by atoms with van der Waals surface area (Å²) in [5.74, 6) is 2.65. The highest BCUT2D eigenvalue weighted by Crippen LogP contribution is 2.18. The number of hydrogen-bond acceptors (Lipinski definition) is 2. The Bertz CT molecular complexity index is 306. The quantitative estimate of drug-likeness (QED) is 0.857. The van der Waals surface area contributed by atoms with Crippen molar-refractivity contribution in [2.75, 3.05) is 11.5 Å². The van der Waals surface area contributed by atoms with E-state index >= 15 is 0 Å². The van der Waals surface area contributed by atoms with Gasteiger partial charge < -0.3 is 5.32 Å². The molecule has 1 fully saturated rings. The number of thioether (sulfide) groups is 1. The predicted octanol–water partition coefficient (Wildman–Crippen LogP) is 3.49. The summed E-state index contributed by atoms with van der Waals surface area (Å²) >= 11 is 2.10. The zero-order valence-corrected chi connectivity index (χ0v) is 11.5. The van der Waals surface area contributed by atoms with Gasteiger partial charge in [0.25, 0.3) is 0 Å². The van der Waals surface area contributed by atoms with Crippen LogP contribution in [0.2, 0.25) is 0 Å². The van der Waals surface area contributed by atoms with Gasteiger partial charge in [0.05, 0.1) is 0 Å². The van der Waals surface area contributed by atoms with Gasteiger partial charge in [0.1, 0.15) is 0 Å². The van der Waals surface area contributed by atoms with Gasteiger partial charge in [-0.05, 0) is 37.0 Å². The molecule has 2 unspecified atom stereocenters. The molecule has 94 valence electrons. The Kier molecular flexibility index (Phi) is 5.40. The molecule has 0 aromatic heterocycles. The molecular formula is C15H23NS. The summed E-state index contributed by atoms with van der Waals surface area (Å²) < 4.78 is 0. The van der Waals surface area contributed by atoms with Crippen molar-refractivity contribution in [3.8, 4) is 0 Å². The Morgan fingerprint density at radius 3 is 2.82 bits per heavy atom. The van der Waals surface area contributed by atoms with Crippen LogP contribution in [0.5, 0.6) is 0 Å². The summed E-state index contributed by atoms with van der Waals surface area (Å²) in [5, 5.41) is 3.83. The molecule has 1 nitrogen and oxygen atoms in total. The first-order valence-electron chi connectivity index (χ1n) is 6.76. The second-order valence-corrected chi connectivity index (χ2v) is 6.03.